The Hall–Kier alpha value is -11.3. The molecule has 4 aliphatic rings. The molecular formula is C76H102BrN16O28+. The number of allylic oxidation sites excluding steroid dienone is 2. The molecule has 44 nitrogen and oxygen atoms in total. The molecular weight excluding hydrogens is 1660 g/mol. The number of quaternary nitrogens is 1. The van der Waals surface area contributed by atoms with Gasteiger partial charge >= 0.3 is 5.97 Å². The van der Waals surface area contributed by atoms with Crippen LogP contribution in [0.3, 0.4) is 0 Å². The summed E-state index contributed by atoms with van der Waals surface area (Å²) in [7, 11) is 0. The predicted octanol–water partition coefficient (Wildman–Crippen LogP) is -12.5. The molecule has 0 aliphatic carbocycles. The Kier molecular flexibility index (Phi) is 36.3. The van der Waals surface area contributed by atoms with Gasteiger partial charge in [-0.2, -0.15) is 0 Å². The van der Waals surface area contributed by atoms with E-state index in [0.29, 0.717) is 21.2 Å². The number of hydrogen-bond acceptors (Lipinski definition) is 28. The monoisotopic (exact) mass is 1770 g/mol. The summed E-state index contributed by atoms with van der Waals surface area (Å²) in [5.74, 6) is -23.5. The first-order valence-corrected chi connectivity index (χ1v) is 38.8. The van der Waals surface area contributed by atoms with Gasteiger partial charge in [0.25, 0.3) is 5.91 Å². The van der Waals surface area contributed by atoms with Crippen LogP contribution in [0.15, 0.2) is 119 Å². The Labute approximate surface area is 698 Å². The summed E-state index contributed by atoms with van der Waals surface area (Å²) >= 11 is 3.28. The van der Waals surface area contributed by atoms with Crippen LogP contribution in [-0.4, -0.2) is 322 Å². The average Bonchev–Trinajstić information content (AvgIpc) is 1.63. The van der Waals surface area contributed by atoms with Crippen LogP contribution < -0.4 is 80.2 Å². The number of aliphatic hydroxyl groups excluding tert-OH is 11. The number of aliphatic carboxylic acids is 1. The van der Waals surface area contributed by atoms with Gasteiger partial charge in [0, 0.05) is 29.7 Å². The van der Waals surface area contributed by atoms with Gasteiger partial charge in [-0.3, -0.25) is 72.0 Å². The van der Waals surface area contributed by atoms with Crippen LogP contribution in [0.4, 0.5) is 0 Å². The number of ether oxygens (including phenoxy) is 1. The van der Waals surface area contributed by atoms with Gasteiger partial charge in [-0.05, 0) is 42.7 Å². The number of amides is 14. The maximum atomic E-state index is 15.4. The lowest BCUT2D eigenvalue weighted by atomic mass is 9.92. The normalized spacial score (nSPS) is 30.0. The minimum atomic E-state index is -2.78. The van der Waals surface area contributed by atoms with E-state index >= 15 is 9.59 Å². The highest BCUT2D eigenvalue weighted by atomic mass is 79.9. The number of primary amides is 2. The molecule has 4 bridgehead atoms. The molecule has 3 aromatic carbocycles. The molecule has 7 rings (SSSR count). The summed E-state index contributed by atoms with van der Waals surface area (Å²) < 4.78 is 6.48. The molecule has 29 N–H and O–H groups in total. The maximum Gasteiger partial charge on any atom is 0.326 e. The number of carboxylic acid groups (broad SMARTS) is 1. The third-order valence-corrected chi connectivity index (χ3v) is 20.6. The molecule has 0 aromatic heterocycles. The number of hydrogen-bond donors (Lipinski definition) is 27. The molecule has 3 aromatic rings. The lowest BCUT2D eigenvalue weighted by Crippen LogP contribution is -3.16. The Bertz CT molecular complexity index is 4300. The second-order valence-corrected chi connectivity index (χ2v) is 30.3. The number of nitrogens with zero attached hydrogens (tertiary/aromatic N) is 1. The van der Waals surface area contributed by atoms with Crippen molar-refractivity contribution < 1.29 is 143 Å². The van der Waals surface area contributed by atoms with Crippen molar-refractivity contribution in [2.24, 2.45) is 11.5 Å². The fourth-order valence-electron chi connectivity index (χ4n) is 13.3. The van der Waals surface area contributed by atoms with E-state index in [0.717, 1.165) is 18.0 Å². The standard InChI is InChI=1S/C76H101BrN16O28/c1-34(14-15-37-10-6-4-7-11-37)20-51(99)43-26-56(103)82-49(30-94)69(113)87-48-29-92-28-41(93(33-92)75-63(107)62(106)60(104)53(32-96)121-75)22-45(66(110)90-58(36(3)97)73(117)88-50(31-95)70(114)84-44(65(109)83-43)21-38-12-8-5-9-13-38)81-55(102)24-42(98)23-47(76(119)120)86-71(115)52(100)27-80-72(116)57(35(2)39-16-18-40(77)19-17-39)89-74(118)59(61(105)64(79)108)91-67(111)46(25-54(78)101)85-68(48)112/h4-20,28,35-36,42-53,57-63,75,94-100,104-107H,21-27,29-33H2,1-3H3,(H2,78,101)(H2,79,108)(H,80,116)(H,81,102)(H,82,103)(H,83,109)(H,84,114)(H,85,112)(H,86,115)(H,87,113)(H,88,117)(H,89,118)(H,90,110)(H,91,111)(H,119,120)/p+1/b15-14+,34-20+/t35-,36-,42+,43-,44-,45-,46-,47-,48+,49-,50-,51-,52-,53+,57-,58-,59-,60-,61+,62-,63+,75+/m0/s1. The Balaban J connectivity index is 1.44. The molecule has 660 valence electrons. The number of halogens is 1. The summed E-state index contributed by atoms with van der Waals surface area (Å²) in [6.07, 6.45) is -21.9. The van der Waals surface area contributed by atoms with Crippen molar-refractivity contribution in [3.05, 3.63) is 136 Å². The number of carbonyl (C=O) groups is 15. The first kappa shape index (κ1) is 96.8. The Morgan fingerprint density at radius 3 is 1.76 bits per heavy atom. The molecule has 14 amide bonds. The Morgan fingerprint density at radius 2 is 1.15 bits per heavy atom. The number of nitrogens with two attached hydrogens (primary N) is 2. The first-order valence-electron chi connectivity index (χ1n) is 38.1. The molecule has 1 unspecified atom stereocenters. The number of aliphatic hydroxyl groups is 11. The third kappa shape index (κ3) is 27.9. The highest BCUT2D eigenvalue weighted by Gasteiger charge is 2.52. The van der Waals surface area contributed by atoms with E-state index in [2.05, 4.69) is 69.1 Å². The molecule has 45 heteroatoms. The van der Waals surface area contributed by atoms with Crippen molar-refractivity contribution >= 4 is 111 Å². The van der Waals surface area contributed by atoms with Gasteiger partial charge in [0.15, 0.2) is 18.9 Å². The number of carbonyl (C=O) groups excluding carboxylic acids is 14. The van der Waals surface area contributed by atoms with Crippen molar-refractivity contribution in [2.45, 2.75) is 193 Å². The van der Waals surface area contributed by atoms with Crippen LogP contribution in [0, 0.1) is 0 Å². The summed E-state index contributed by atoms with van der Waals surface area (Å²) in [5.41, 5.74) is 12.5. The molecule has 0 radical (unpaired) electrons. The van der Waals surface area contributed by atoms with Crippen molar-refractivity contribution in [1.82, 2.24) is 68.7 Å². The molecule has 23 atom stereocenters. The van der Waals surface area contributed by atoms with Gasteiger partial charge in [-0.15, -0.1) is 0 Å². The first-order chi connectivity index (χ1) is 57.2. The highest BCUT2D eigenvalue weighted by Crippen LogP contribution is 2.25. The van der Waals surface area contributed by atoms with E-state index in [9.17, 15) is 124 Å². The number of fused-ring (bicyclic) bond motifs is 2. The summed E-state index contributed by atoms with van der Waals surface area (Å²) in [6, 6.07) is -1.23. The lowest BCUT2D eigenvalue weighted by molar-refractivity contribution is -0.923. The second-order valence-electron chi connectivity index (χ2n) is 29.4. The van der Waals surface area contributed by atoms with E-state index in [-0.39, 0.29) is 16.2 Å². The summed E-state index contributed by atoms with van der Waals surface area (Å²) in [6.45, 7) is -2.75. The minimum absolute atomic E-state index is 0.265. The van der Waals surface area contributed by atoms with Crippen molar-refractivity contribution in [3.8, 4) is 0 Å². The van der Waals surface area contributed by atoms with Gasteiger partial charge in [0.2, 0.25) is 83.0 Å². The Morgan fingerprint density at radius 1 is 0.587 bits per heavy atom. The molecule has 1 fully saturated rings. The fourth-order valence-corrected chi connectivity index (χ4v) is 13.6. The average molecular weight is 1770 g/mol. The lowest BCUT2D eigenvalue weighted by Gasteiger charge is -2.42. The molecule has 1 saturated heterocycles. The SMILES string of the molecule is CC(/C=C/c1ccccc1)=C\[C@H](O)[C@@H]1CC(=O)N[C@@H](CO)C(=O)N[C@@H]2CN3C=C(C[C@H](NC(=O)C[C@H](O)C[C@@H](C(=O)O)NC(=O)[C@@H](O)CNC(=O)[C@H]([C@@H](C)c4ccc(Br)cc4)NC(=O)[C@H]([C@@H](O)C(N)=O)NC(=O)[C@H](CC(N)=O)NC2=O)C(=O)N[C@@H]([C@H](C)O)C(=O)N[C@@H](CO)C(=O)N[C@@H](Cc2ccccc2)C(=O)N1)[NH+]([C@@H]1O[C@H](CO)[C@H](O)[C@H](O)[C@H]1O)C3. The van der Waals surface area contributed by atoms with E-state index in [1.165, 1.54) is 49.4 Å². The maximum absolute atomic E-state index is 15.4. The van der Waals surface area contributed by atoms with Gasteiger partial charge in [-0.25, -0.2) is 4.79 Å². The van der Waals surface area contributed by atoms with Crippen molar-refractivity contribution in [3.63, 3.8) is 0 Å². The van der Waals surface area contributed by atoms with Gasteiger partial charge in [0.1, 0.15) is 90.5 Å². The zero-order valence-electron chi connectivity index (χ0n) is 65.5. The van der Waals surface area contributed by atoms with Crippen LogP contribution in [0.5, 0.6) is 0 Å². The van der Waals surface area contributed by atoms with Crippen molar-refractivity contribution in [2.75, 3.05) is 39.6 Å². The van der Waals surface area contributed by atoms with Gasteiger partial charge < -0.3 is 146 Å². The number of rotatable bonds is 18. The van der Waals surface area contributed by atoms with Crippen LogP contribution >= 0.6 is 15.9 Å². The number of benzene rings is 3. The fraction of sp³-hybridized carbons (Fsp3) is 0.487. The molecule has 121 heavy (non-hydrogen) atoms. The largest absolute Gasteiger partial charge is 0.480 e. The van der Waals surface area contributed by atoms with E-state index in [1.807, 2.05) is 10.6 Å². The summed E-state index contributed by atoms with van der Waals surface area (Å²) in [5, 5.41) is 161. The molecule has 0 spiro atoms. The zero-order chi connectivity index (χ0) is 89.4. The number of nitrogens with one attached hydrogen (secondary N) is 13. The molecule has 4 heterocycles. The highest BCUT2D eigenvalue weighted by molar-refractivity contribution is 9.10. The van der Waals surface area contributed by atoms with Crippen LogP contribution in [0.1, 0.15) is 75.5 Å². The zero-order valence-corrected chi connectivity index (χ0v) is 67.0. The quantitative estimate of drug-likeness (QED) is 0.0526. The van der Waals surface area contributed by atoms with E-state index in [1.54, 1.807) is 67.6 Å². The van der Waals surface area contributed by atoms with Gasteiger partial charge in [0.05, 0.1) is 82.7 Å². The van der Waals surface area contributed by atoms with E-state index in [4.69, 9.17) is 16.2 Å². The van der Waals surface area contributed by atoms with Crippen LogP contribution in [0.25, 0.3) is 6.08 Å². The number of carboxylic acids is 1. The topological polar surface area (TPSA) is 712 Å². The van der Waals surface area contributed by atoms with Crippen LogP contribution in [-0.2, 0) is 83.1 Å². The summed E-state index contributed by atoms with van der Waals surface area (Å²) in [4.78, 5) is 216. The molecule has 0 saturated carbocycles. The smallest absolute Gasteiger partial charge is 0.326 e. The van der Waals surface area contributed by atoms with Crippen molar-refractivity contribution in [1.29, 1.82) is 0 Å². The number of β-amino-alcohol motifs (C(OH)–C–C–N with tert-alkyl or cyclic N) is 1. The van der Waals surface area contributed by atoms with E-state index < -0.39 is 300 Å². The minimum Gasteiger partial charge on any atom is -0.480 e. The van der Waals surface area contributed by atoms with Crippen LogP contribution in [0.2, 0.25) is 0 Å². The third-order valence-electron chi connectivity index (χ3n) is 20.0. The second kappa shape index (κ2) is 45.4. The molecule has 4 aliphatic heterocycles. The van der Waals surface area contributed by atoms with Gasteiger partial charge in [-0.1, -0.05) is 119 Å². The predicted molar refractivity (Wildman–Crippen MR) is 420 cm³/mol.